The molecule has 0 saturated heterocycles. The van der Waals surface area contributed by atoms with Gasteiger partial charge in [-0.15, -0.1) is 0 Å². The number of aromatic nitrogens is 2. The van der Waals surface area contributed by atoms with Gasteiger partial charge in [-0.2, -0.15) is 0 Å². The third kappa shape index (κ3) is 2.42. The molecule has 0 spiro atoms. The highest BCUT2D eigenvalue weighted by Crippen LogP contribution is 2.12. The molecule has 5 nitrogen and oxygen atoms in total. The van der Waals surface area contributed by atoms with E-state index in [0.717, 1.165) is 4.68 Å². The molecule has 0 radical (unpaired) electrons. The number of hydrogen-bond donors (Lipinski definition) is 2. The zero-order chi connectivity index (χ0) is 14.2. The Bertz CT molecular complexity index is 747. The van der Waals surface area contributed by atoms with Gasteiger partial charge in [0.25, 0.3) is 11.1 Å². The smallest absolute Gasteiger partial charge is 0.268 e. The van der Waals surface area contributed by atoms with Crippen molar-refractivity contribution in [3.63, 3.8) is 0 Å². The van der Waals surface area contributed by atoms with Crippen LogP contribution in [0.2, 0.25) is 0 Å². The largest absolute Gasteiger partial charge is 0.399 e. The predicted molar refractivity (Wildman–Crippen MR) is 70.7 cm³/mol. The van der Waals surface area contributed by atoms with Crippen LogP contribution >= 0.6 is 0 Å². The summed E-state index contributed by atoms with van der Waals surface area (Å²) in [5.74, 6) is -0.508. The van der Waals surface area contributed by atoms with Crippen molar-refractivity contribution in [3.8, 4) is 0 Å². The lowest BCUT2D eigenvalue weighted by molar-refractivity contribution is 0.565. The van der Waals surface area contributed by atoms with Gasteiger partial charge in [0.05, 0.1) is 6.54 Å². The number of nitrogens with two attached hydrogens (primary N) is 1. The van der Waals surface area contributed by atoms with Gasteiger partial charge in [-0.3, -0.25) is 14.7 Å². The van der Waals surface area contributed by atoms with Crippen LogP contribution in [0.5, 0.6) is 0 Å². The molecule has 0 bridgehead atoms. The molecule has 100 valence electrons. The van der Waals surface area contributed by atoms with Crippen molar-refractivity contribution >= 4 is 5.69 Å². The predicted octanol–water partition coefficient (Wildman–Crippen LogP) is 0.923. The van der Waals surface area contributed by atoms with E-state index in [0.29, 0.717) is 16.8 Å². The first-order valence-electron chi connectivity index (χ1n) is 5.74. The van der Waals surface area contributed by atoms with E-state index in [4.69, 9.17) is 5.73 Å². The number of H-pyrrole nitrogens is 1. The third-order valence-corrected chi connectivity index (χ3v) is 3.11. The standard InChI is InChI=1S/C13H14FN3O2/c1-7-8(2)13(19)17(16-12(7)18)6-9-3-4-10(15)5-11(9)14/h3-5H,6,15H2,1-2H3,(H,16,18). The van der Waals surface area contributed by atoms with E-state index in [1.807, 2.05) is 0 Å². The van der Waals surface area contributed by atoms with Gasteiger partial charge in [0, 0.05) is 22.4 Å². The van der Waals surface area contributed by atoms with Crippen molar-refractivity contribution in [2.75, 3.05) is 5.73 Å². The van der Waals surface area contributed by atoms with Crippen LogP contribution in [0.3, 0.4) is 0 Å². The van der Waals surface area contributed by atoms with Crippen molar-refractivity contribution in [1.82, 2.24) is 9.78 Å². The van der Waals surface area contributed by atoms with E-state index in [9.17, 15) is 14.0 Å². The lowest BCUT2D eigenvalue weighted by Crippen LogP contribution is -2.33. The van der Waals surface area contributed by atoms with Gasteiger partial charge in [-0.1, -0.05) is 6.07 Å². The first-order chi connectivity index (χ1) is 8.90. The first-order valence-corrected chi connectivity index (χ1v) is 5.74. The molecule has 0 unspecified atom stereocenters. The Labute approximate surface area is 108 Å². The number of hydrogen-bond acceptors (Lipinski definition) is 3. The van der Waals surface area contributed by atoms with Crippen LogP contribution in [0.1, 0.15) is 16.7 Å². The summed E-state index contributed by atoms with van der Waals surface area (Å²) in [5.41, 5.74) is 6.09. The van der Waals surface area contributed by atoms with E-state index < -0.39 is 5.82 Å². The fourth-order valence-electron chi connectivity index (χ4n) is 1.76. The summed E-state index contributed by atoms with van der Waals surface area (Å²) in [6.07, 6.45) is 0. The van der Waals surface area contributed by atoms with Gasteiger partial charge in [0.15, 0.2) is 0 Å². The van der Waals surface area contributed by atoms with Crippen LogP contribution in [0.4, 0.5) is 10.1 Å². The van der Waals surface area contributed by atoms with E-state index in [-0.39, 0.29) is 23.2 Å². The molecule has 0 amide bonds. The molecule has 1 heterocycles. The molecule has 0 fully saturated rings. The van der Waals surface area contributed by atoms with Gasteiger partial charge in [-0.25, -0.2) is 9.07 Å². The number of benzene rings is 1. The molecule has 0 saturated carbocycles. The molecule has 19 heavy (non-hydrogen) atoms. The van der Waals surface area contributed by atoms with Crippen LogP contribution in [0.25, 0.3) is 0 Å². The fraction of sp³-hybridized carbons (Fsp3) is 0.231. The molecule has 1 aromatic carbocycles. The summed E-state index contributed by atoms with van der Waals surface area (Å²) >= 11 is 0. The number of nitrogens with one attached hydrogen (secondary N) is 1. The van der Waals surface area contributed by atoms with Gasteiger partial charge in [0.1, 0.15) is 5.82 Å². The van der Waals surface area contributed by atoms with Crippen LogP contribution in [0, 0.1) is 19.7 Å². The molecule has 2 rings (SSSR count). The Morgan fingerprint density at radius 2 is 1.95 bits per heavy atom. The molecule has 0 aliphatic rings. The Balaban J connectivity index is 2.50. The lowest BCUT2D eigenvalue weighted by Gasteiger charge is -2.09. The highest BCUT2D eigenvalue weighted by atomic mass is 19.1. The molecule has 6 heteroatoms. The maximum atomic E-state index is 13.7. The molecule has 0 aliphatic carbocycles. The Kier molecular flexibility index (Phi) is 3.25. The minimum atomic E-state index is -0.508. The van der Waals surface area contributed by atoms with Gasteiger partial charge >= 0.3 is 0 Å². The second-order valence-corrected chi connectivity index (χ2v) is 4.43. The summed E-state index contributed by atoms with van der Waals surface area (Å²) in [7, 11) is 0. The van der Waals surface area contributed by atoms with E-state index in [1.165, 1.54) is 12.1 Å². The van der Waals surface area contributed by atoms with Crippen LogP contribution in [0.15, 0.2) is 27.8 Å². The summed E-state index contributed by atoms with van der Waals surface area (Å²) in [4.78, 5) is 23.6. The second kappa shape index (κ2) is 4.72. The molecule has 0 atom stereocenters. The lowest BCUT2D eigenvalue weighted by atomic mass is 10.2. The summed E-state index contributed by atoms with van der Waals surface area (Å²) in [6.45, 7) is 3.10. The van der Waals surface area contributed by atoms with Crippen molar-refractivity contribution < 1.29 is 4.39 Å². The topological polar surface area (TPSA) is 80.9 Å². The summed E-state index contributed by atoms with van der Waals surface area (Å²) in [6, 6.07) is 4.22. The van der Waals surface area contributed by atoms with Crippen LogP contribution in [-0.4, -0.2) is 9.78 Å². The number of nitrogens with zero attached hydrogens (tertiary/aromatic N) is 1. The maximum Gasteiger partial charge on any atom is 0.268 e. The second-order valence-electron chi connectivity index (χ2n) is 4.43. The minimum absolute atomic E-state index is 0.0404. The number of rotatable bonds is 2. The van der Waals surface area contributed by atoms with Gasteiger partial charge in [0.2, 0.25) is 0 Å². The molecule has 1 aromatic heterocycles. The third-order valence-electron chi connectivity index (χ3n) is 3.11. The normalized spacial score (nSPS) is 10.7. The highest BCUT2D eigenvalue weighted by molar-refractivity contribution is 5.40. The number of aromatic amines is 1. The quantitative estimate of drug-likeness (QED) is 0.791. The maximum absolute atomic E-state index is 13.7. The Morgan fingerprint density at radius 3 is 2.58 bits per heavy atom. The zero-order valence-corrected chi connectivity index (χ0v) is 10.7. The zero-order valence-electron chi connectivity index (χ0n) is 10.7. The van der Waals surface area contributed by atoms with Crippen molar-refractivity contribution in [3.05, 3.63) is 61.4 Å². The highest BCUT2D eigenvalue weighted by Gasteiger charge is 2.09. The monoisotopic (exact) mass is 263 g/mol. The van der Waals surface area contributed by atoms with E-state index >= 15 is 0 Å². The molecule has 0 aliphatic heterocycles. The van der Waals surface area contributed by atoms with Gasteiger partial charge in [-0.05, 0) is 26.0 Å². The Morgan fingerprint density at radius 1 is 1.26 bits per heavy atom. The fourth-order valence-corrected chi connectivity index (χ4v) is 1.76. The van der Waals surface area contributed by atoms with E-state index in [1.54, 1.807) is 19.9 Å². The van der Waals surface area contributed by atoms with Crippen molar-refractivity contribution in [2.24, 2.45) is 0 Å². The average molecular weight is 263 g/mol. The molecule has 2 aromatic rings. The molecular weight excluding hydrogens is 249 g/mol. The Hall–Kier alpha value is -2.37. The van der Waals surface area contributed by atoms with Crippen LogP contribution < -0.4 is 16.9 Å². The average Bonchev–Trinajstić information content (AvgIpc) is 2.36. The summed E-state index contributed by atoms with van der Waals surface area (Å²) < 4.78 is 14.8. The SMILES string of the molecule is Cc1c(C)c(=O)n(Cc2ccc(N)cc2F)[nH]c1=O. The number of anilines is 1. The van der Waals surface area contributed by atoms with Crippen molar-refractivity contribution in [2.45, 2.75) is 20.4 Å². The molecule has 3 N–H and O–H groups in total. The summed E-state index contributed by atoms with van der Waals surface area (Å²) in [5, 5.41) is 2.43. The van der Waals surface area contributed by atoms with Crippen molar-refractivity contribution in [1.29, 1.82) is 0 Å². The molecular formula is C13H14FN3O2. The number of nitrogen functional groups attached to an aromatic ring is 1. The van der Waals surface area contributed by atoms with E-state index in [2.05, 4.69) is 5.10 Å². The minimum Gasteiger partial charge on any atom is -0.399 e. The van der Waals surface area contributed by atoms with Crippen LogP contribution in [-0.2, 0) is 6.54 Å². The first kappa shape index (κ1) is 13.1. The number of halogens is 1. The van der Waals surface area contributed by atoms with Gasteiger partial charge < -0.3 is 5.73 Å².